The number of rotatable bonds is 3. The predicted molar refractivity (Wildman–Crippen MR) is 69.2 cm³/mol. The Morgan fingerprint density at radius 1 is 1.22 bits per heavy atom. The fraction of sp³-hybridized carbons (Fsp3) is 0.500. The van der Waals surface area contributed by atoms with Crippen molar-refractivity contribution >= 4 is 11.6 Å². The monoisotopic (exact) mass is 250 g/mol. The lowest BCUT2D eigenvalue weighted by molar-refractivity contribution is -0.120. The van der Waals surface area contributed by atoms with Gasteiger partial charge in [0.05, 0.1) is 0 Å². The van der Waals surface area contributed by atoms with Gasteiger partial charge >= 0.3 is 0 Å². The van der Waals surface area contributed by atoms with Gasteiger partial charge in [0.15, 0.2) is 0 Å². The third kappa shape index (κ3) is 3.33. The van der Waals surface area contributed by atoms with Crippen molar-refractivity contribution in [3.05, 3.63) is 28.7 Å². The highest BCUT2D eigenvalue weighted by Crippen LogP contribution is 1.99. The fourth-order valence-corrected chi connectivity index (χ4v) is 2.01. The number of hydrogen-bond acceptors (Lipinski definition) is 4. The van der Waals surface area contributed by atoms with Crippen molar-refractivity contribution in [2.45, 2.75) is 13.0 Å². The van der Waals surface area contributed by atoms with Crippen LogP contribution >= 0.6 is 0 Å². The van der Waals surface area contributed by atoms with Gasteiger partial charge in [0.25, 0.3) is 5.56 Å². The summed E-state index contributed by atoms with van der Waals surface area (Å²) in [5, 5.41) is 2.82. The van der Waals surface area contributed by atoms with Gasteiger partial charge in [-0.15, -0.1) is 0 Å². The Kier molecular flexibility index (Phi) is 3.99. The molecule has 18 heavy (non-hydrogen) atoms. The van der Waals surface area contributed by atoms with Gasteiger partial charge in [0.2, 0.25) is 5.91 Å². The normalized spacial score (nSPS) is 17.2. The largest absolute Gasteiger partial charge is 0.398 e. The fourth-order valence-electron chi connectivity index (χ4n) is 2.01. The van der Waals surface area contributed by atoms with Crippen molar-refractivity contribution < 1.29 is 4.79 Å². The van der Waals surface area contributed by atoms with E-state index < -0.39 is 0 Å². The molecule has 0 bridgehead atoms. The van der Waals surface area contributed by atoms with Crippen LogP contribution in [-0.4, -0.2) is 41.6 Å². The smallest absolute Gasteiger partial charge is 0.250 e. The lowest BCUT2D eigenvalue weighted by atomic mass is 10.3. The number of nitrogens with two attached hydrogens (primary N) is 1. The molecule has 0 saturated carbocycles. The summed E-state index contributed by atoms with van der Waals surface area (Å²) in [6.45, 7) is 3.58. The van der Waals surface area contributed by atoms with Crippen LogP contribution in [0.3, 0.4) is 0 Å². The topological polar surface area (TPSA) is 80.4 Å². The molecule has 1 aromatic heterocycles. The number of nitrogens with one attached hydrogen (secondary N) is 1. The molecule has 0 aromatic carbocycles. The molecule has 0 spiro atoms. The summed E-state index contributed by atoms with van der Waals surface area (Å²) in [5.41, 5.74) is 6.19. The van der Waals surface area contributed by atoms with E-state index in [0.717, 1.165) is 19.6 Å². The molecule has 0 atom stereocenters. The van der Waals surface area contributed by atoms with Crippen molar-refractivity contribution in [3.8, 4) is 0 Å². The molecule has 1 aromatic rings. The number of amides is 1. The van der Waals surface area contributed by atoms with E-state index in [1.165, 1.54) is 6.07 Å². The van der Waals surface area contributed by atoms with Crippen LogP contribution < -0.4 is 16.6 Å². The first-order valence-electron chi connectivity index (χ1n) is 6.10. The van der Waals surface area contributed by atoms with Crippen LogP contribution in [0.5, 0.6) is 0 Å². The highest BCUT2D eigenvalue weighted by molar-refractivity contribution is 5.76. The quantitative estimate of drug-likeness (QED) is 0.740. The molecule has 2 heterocycles. The molecule has 1 aliphatic heterocycles. The van der Waals surface area contributed by atoms with Crippen molar-refractivity contribution in [2.75, 3.05) is 31.9 Å². The Labute approximate surface area is 105 Å². The lowest BCUT2D eigenvalue weighted by Gasteiger charge is -2.19. The Hall–Kier alpha value is -1.82. The Balaban J connectivity index is 1.92. The second-order valence-corrected chi connectivity index (χ2v) is 4.44. The molecule has 3 N–H and O–H groups in total. The third-order valence-corrected chi connectivity index (χ3v) is 3.07. The average Bonchev–Trinajstić information content (AvgIpc) is 2.55. The summed E-state index contributed by atoms with van der Waals surface area (Å²) in [4.78, 5) is 25.0. The van der Waals surface area contributed by atoms with Gasteiger partial charge in [-0.2, -0.15) is 0 Å². The number of carbonyl (C=O) groups excluding carboxylic acids is 1. The molecular formula is C12H18N4O2. The predicted octanol–water partition coefficient (Wildman–Crippen LogP) is -0.748. The van der Waals surface area contributed by atoms with Crippen molar-refractivity contribution in [1.82, 2.24) is 14.8 Å². The zero-order chi connectivity index (χ0) is 13.0. The first kappa shape index (κ1) is 12.6. The molecular weight excluding hydrogens is 232 g/mol. The van der Waals surface area contributed by atoms with Crippen LogP contribution in [0, 0.1) is 0 Å². The number of hydrogen-bond donors (Lipinski definition) is 2. The van der Waals surface area contributed by atoms with E-state index in [-0.39, 0.29) is 11.5 Å². The molecule has 1 fully saturated rings. The van der Waals surface area contributed by atoms with Crippen LogP contribution in [0.15, 0.2) is 23.1 Å². The standard InChI is InChI=1S/C12H18N4O2/c13-10-1-2-12(18)16(9-10)8-7-15-5-3-11(17)14-4-6-15/h1-2,9H,3-8,13H2,(H,14,17). The molecule has 0 radical (unpaired) electrons. The molecule has 0 aliphatic carbocycles. The molecule has 98 valence electrons. The molecule has 0 unspecified atom stereocenters. The number of aromatic nitrogens is 1. The molecule has 1 aliphatic rings. The van der Waals surface area contributed by atoms with Crippen LogP contribution in [0.1, 0.15) is 6.42 Å². The maximum atomic E-state index is 11.6. The van der Waals surface area contributed by atoms with Gasteiger partial charge in [-0.1, -0.05) is 0 Å². The van der Waals surface area contributed by atoms with Crippen molar-refractivity contribution in [2.24, 2.45) is 0 Å². The SMILES string of the molecule is Nc1ccc(=O)n(CCN2CCNC(=O)CC2)c1. The summed E-state index contributed by atoms with van der Waals surface area (Å²) in [7, 11) is 0. The average molecular weight is 250 g/mol. The number of anilines is 1. The van der Waals surface area contributed by atoms with Crippen molar-refractivity contribution in [3.63, 3.8) is 0 Å². The van der Waals surface area contributed by atoms with E-state index in [2.05, 4.69) is 10.2 Å². The third-order valence-electron chi connectivity index (χ3n) is 3.07. The van der Waals surface area contributed by atoms with Crippen LogP contribution in [0.2, 0.25) is 0 Å². The first-order valence-corrected chi connectivity index (χ1v) is 6.10. The highest BCUT2D eigenvalue weighted by atomic mass is 16.1. The summed E-state index contributed by atoms with van der Waals surface area (Å²) in [6.07, 6.45) is 2.18. The van der Waals surface area contributed by atoms with Crippen molar-refractivity contribution in [1.29, 1.82) is 0 Å². The Morgan fingerprint density at radius 3 is 2.89 bits per heavy atom. The number of nitrogens with zero attached hydrogens (tertiary/aromatic N) is 2. The van der Waals surface area contributed by atoms with Gasteiger partial charge in [-0.3, -0.25) is 14.5 Å². The van der Waals surface area contributed by atoms with Crippen LogP contribution in [0.25, 0.3) is 0 Å². The number of pyridine rings is 1. The minimum Gasteiger partial charge on any atom is -0.398 e. The Morgan fingerprint density at radius 2 is 2.06 bits per heavy atom. The van der Waals surface area contributed by atoms with Gasteiger partial charge in [0.1, 0.15) is 0 Å². The van der Waals surface area contributed by atoms with E-state index in [1.54, 1.807) is 16.8 Å². The molecule has 6 nitrogen and oxygen atoms in total. The summed E-state index contributed by atoms with van der Waals surface area (Å²) >= 11 is 0. The molecule has 2 rings (SSSR count). The van der Waals surface area contributed by atoms with E-state index in [0.29, 0.717) is 25.2 Å². The summed E-state index contributed by atoms with van der Waals surface area (Å²) in [5.74, 6) is 0.0959. The number of carbonyl (C=O) groups is 1. The Bertz CT molecular complexity index is 483. The van der Waals surface area contributed by atoms with Crippen LogP contribution in [0.4, 0.5) is 5.69 Å². The van der Waals surface area contributed by atoms with Gasteiger partial charge < -0.3 is 15.6 Å². The van der Waals surface area contributed by atoms with Gasteiger partial charge in [-0.05, 0) is 6.07 Å². The zero-order valence-electron chi connectivity index (χ0n) is 10.3. The zero-order valence-corrected chi connectivity index (χ0v) is 10.3. The summed E-state index contributed by atoms with van der Waals surface area (Å²) < 4.78 is 1.61. The second-order valence-electron chi connectivity index (χ2n) is 4.44. The lowest BCUT2D eigenvalue weighted by Crippen LogP contribution is -2.33. The first-order chi connectivity index (χ1) is 8.65. The van der Waals surface area contributed by atoms with E-state index >= 15 is 0 Å². The maximum absolute atomic E-state index is 11.6. The molecule has 1 saturated heterocycles. The number of nitrogen functional groups attached to an aromatic ring is 1. The van der Waals surface area contributed by atoms with Gasteiger partial charge in [0, 0.05) is 57.1 Å². The van der Waals surface area contributed by atoms with E-state index in [9.17, 15) is 9.59 Å². The minimum absolute atomic E-state index is 0.0479. The van der Waals surface area contributed by atoms with Gasteiger partial charge in [-0.25, -0.2) is 0 Å². The highest BCUT2D eigenvalue weighted by Gasteiger charge is 2.12. The van der Waals surface area contributed by atoms with E-state index in [4.69, 9.17) is 5.73 Å². The second kappa shape index (κ2) is 5.68. The molecule has 6 heteroatoms. The molecule has 1 amide bonds. The summed E-state index contributed by atoms with van der Waals surface area (Å²) in [6, 6.07) is 3.08. The van der Waals surface area contributed by atoms with E-state index in [1.807, 2.05) is 0 Å². The van der Waals surface area contributed by atoms with Crippen LogP contribution in [-0.2, 0) is 11.3 Å². The minimum atomic E-state index is -0.0479. The maximum Gasteiger partial charge on any atom is 0.250 e.